The third-order valence-corrected chi connectivity index (χ3v) is 5.25. The molecule has 1 unspecified atom stereocenters. The van der Waals surface area contributed by atoms with Gasteiger partial charge in [0.05, 0.1) is 11.1 Å². The summed E-state index contributed by atoms with van der Waals surface area (Å²) >= 11 is 7.20. The molecule has 0 fully saturated rings. The summed E-state index contributed by atoms with van der Waals surface area (Å²) in [5.41, 5.74) is 5.49. The van der Waals surface area contributed by atoms with Crippen LogP contribution in [-0.4, -0.2) is 0 Å². The third-order valence-electron chi connectivity index (χ3n) is 3.58. The van der Waals surface area contributed by atoms with E-state index in [1.54, 1.807) is 6.26 Å². The lowest BCUT2D eigenvalue weighted by Crippen LogP contribution is -2.04. The van der Waals surface area contributed by atoms with E-state index >= 15 is 0 Å². The SMILES string of the molecule is Brc1occc1C(Br)c1ccc2c(c1)CCCC2. The number of fused-ring (bicyclic) bond motifs is 1. The second-order valence-corrected chi connectivity index (χ2v) is 6.38. The summed E-state index contributed by atoms with van der Waals surface area (Å²) in [7, 11) is 0. The van der Waals surface area contributed by atoms with Gasteiger partial charge in [-0.3, -0.25) is 0 Å². The van der Waals surface area contributed by atoms with Gasteiger partial charge in [-0.2, -0.15) is 0 Å². The molecular weight excluding hydrogens is 356 g/mol. The molecule has 1 aromatic carbocycles. The number of furan rings is 1. The Morgan fingerprint density at radius 3 is 2.56 bits per heavy atom. The van der Waals surface area contributed by atoms with Crippen LogP contribution < -0.4 is 0 Å². The molecule has 1 aliphatic rings. The van der Waals surface area contributed by atoms with E-state index in [2.05, 4.69) is 50.1 Å². The topological polar surface area (TPSA) is 13.1 Å². The number of halogens is 2. The van der Waals surface area contributed by atoms with E-state index in [0.717, 1.165) is 10.2 Å². The molecule has 3 heteroatoms. The zero-order valence-corrected chi connectivity index (χ0v) is 13.1. The molecule has 1 atom stereocenters. The molecule has 0 bridgehead atoms. The lowest BCUT2D eigenvalue weighted by Gasteiger charge is -2.18. The van der Waals surface area contributed by atoms with Crippen molar-refractivity contribution < 1.29 is 4.42 Å². The average Bonchev–Trinajstić information content (AvgIpc) is 2.83. The minimum Gasteiger partial charge on any atom is -0.457 e. The highest BCUT2D eigenvalue weighted by molar-refractivity contribution is 9.10. The standard InChI is InChI=1S/C15H14Br2O/c16-14(13-7-8-18-15(13)17)12-6-5-10-3-1-2-4-11(10)9-12/h5-9,14H,1-4H2. The minimum atomic E-state index is 0.192. The van der Waals surface area contributed by atoms with Crippen LogP contribution >= 0.6 is 31.9 Å². The lowest BCUT2D eigenvalue weighted by atomic mass is 9.89. The zero-order valence-electron chi connectivity index (χ0n) is 9.96. The molecule has 0 aliphatic heterocycles. The van der Waals surface area contributed by atoms with Crippen molar-refractivity contribution in [3.63, 3.8) is 0 Å². The first-order chi connectivity index (χ1) is 8.75. The van der Waals surface area contributed by atoms with Gasteiger partial charge in [-0.1, -0.05) is 34.1 Å². The van der Waals surface area contributed by atoms with Gasteiger partial charge in [0, 0.05) is 5.56 Å². The number of benzene rings is 1. The second-order valence-electron chi connectivity index (χ2n) is 4.75. The largest absolute Gasteiger partial charge is 0.457 e. The molecule has 1 nitrogen and oxygen atoms in total. The van der Waals surface area contributed by atoms with Crippen LogP contribution in [0.4, 0.5) is 0 Å². The average molecular weight is 370 g/mol. The first-order valence-electron chi connectivity index (χ1n) is 6.24. The van der Waals surface area contributed by atoms with E-state index in [4.69, 9.17) is 4.42 Å². The smallest absolute Gasteiger partial charge is 0.173 e. The first-order valence-corrected chi connectivity index (χ1v) is 7.95. The summed E-state index contributed by atoms with van der Waals surface area (Å²) in [6.07, 6.45) is 6.82. The van der Waals surface area contributed by atoms with Gasteiger partial charge in [-0.25, -0.2) is 0 Å². The van der Waals surface area contributed by atoms with Crippen LogP contribution in [0, 0.1) is 0 Å². The Bertz CT molecular complexity index is 559. The number of hydrogen-bond donors (Lipinski definition) is 0. The van der Waals surface area contributed by atoms with Crippen molar-refractivity contribution in [2.75, 3.05) is 0 Å². The first kappa shape index (κ1) is 12.5. The summed E-state index contributed by atoms with van der Waals surface area (Å²) < 4.78 is 6.11. The van der Waals surface area contributed by atoms with Crippen molar-refractivity contribution in [2.45, 2.75) is 30.5 Å². The summed E-state index contributed by atoms with van der Waals surface area (Å²) in [6, 6.07) is 8.85. The van der Waals surface area contributed by atoms with Gasteiger partial charge in [0.15, 0.2) is 4.67 Å². The second kappa shape index (κ2) is 5.22. The molecule has 0 radical (unpaired) electrons. The van der Waals surface area contributed by atoms with Crippen molar-refractivity contribution in [1.29, 1.82) is 0 Å². The van der Waals surface area contributed by atoms with Crippen molar-refractivity contribution >= 4 is 31.9 Å². The maximum atomic E-state index is 5.31. The van der Waals surface area contributed by atoms with E-state index in [9.17, 15) is 0 Å². The maximum absolute atomic E-state index is 5.31. The van der Waals surface area contributed by atoms with Gasteiger partial charge >= 0.3 is 0 Å². The Labute approximate surface area is 124 Å². The lowest BCUT2D eigenvalue weighted by molar-refractivity contribution is 0.537. The fourth-order valence-corrected chi connectivity index (χ4v) is 4.00. The van der Waals surface area contributed by atoms with E-state index in [1.807, 2.05) is 6.07 Å². The minimum absolute atomic E-state index is 0.192. The van der Waals surface area contributed by atoms with E-state index in [-0.39, 0.29) is 4.83 Å². The highest BCUT2D eigenvalue weighted by Gasteiger charge is 2.18. The Morgan fingerprint density at radius 1 is 1.06 bits per heavy atom. The molecule has 3 rings (SSSR count). The monoisotopic (exact) mass is 368 g/mol. The number of rotatable bonds is 2. The van der Waals surface area contributed by atoms with E-state index in [0.29, 0.717) is 0 Å². The van der Waals surface area contributed by atoms with E-state index < -0.39 is 0 Å². The Kier molecular flexibility index (Phi) is 3.62. The van der Waals surface area contributed by atoms with Crippen molar-refractivity contribution in [2.24, 2.45) is 0 Å². The van der Waals surface area contributed by atoms with Crippen LogP contribution in [0.25, 0.3) is 0 Å². The number of hydrogen-bond acceptors (Lipinski definition) is 1. The number of aryl methyl sites for hydroxylation is 2. The predicted molar refractivity (Wildman–Crippen MR) is 80.3 cm³/mol. The molecule has 1 aromatic heterocycles. The normalized spacial score (nSPS) is 16.3. The highest BCUT2D eigenvalue weighted by Crippen LogP contribution is 2.37. The van der Waals surface area contributed by atoms with E-state index in [1.165, 1.54) is 42.4 Å². The molecule has 0 saturated heterocycles. The molecule has 1 aliphatic carbocycles. The Morgan fingerprint density at radius 2 is 1.83 bits per heavy atom. The van der Waals surface area contributed by atoms with Crippen LogP contribution in [0.3, 0.4) is 0 Å². The molecule has 94 valence electrons. The van der Waals surface area contributed by atoms with Crippen LogP contribution in [0.1, 0.15) is 39.9 Å². The summed E-state index contributed by atoms with van der Waals surface area (Å²) in [6.45, 7) is 0. The zero-order chi connectivity index (χ0) is 12.5. The van der Waals surface area contributed by atoms with Gasteiger partial charge in [0.1, 0.15) is 0 Å². The number of alkyl halides is 1. The molecule has 18 heavy (non-hydrogen) atoms. The van der Waals surface area contributed by atoms with Gasteiger partial charge in [0.2, 0.25) is 0 Å². The third kappa shape index (κ3) is 2.30. The fourth-order valence-electron chi connectivity index (χ4n) is 2.58. The van der Waals surface area contributed by atoms with Crippen LogP contribution in [0.2, 0.25) is 0 Å². The molecule has 0 amide bonds. The summed E-state index contributed by atoms with van der Waals surface area (Å²) in [4.78, 5) is 0.192. The fraction of sp³-hybridized carbons (Fsp3) is 0.333. The molecule has 1 heterocycles. The highest BCUT2D eigenvalue weighted by atomic mass is 79.9. The predicted octanol–water partition coefficient (Wildman–Crippen LogP) is 5.41. The van der Waals surface area contributed by atoms with Crippen LogP contribution in [-0.2, 0) is 12.8 Å². The van der Waals surface area contributed by atoms with Gasteiger partial charge in [0.25, 0.3) is 0 Å². The summed E-state index contributed by atoms with van der Waals surface area (Å²) in [5, 5.41) is 0. The Balaban J connectivity index is 1.95. The quantitative estimate of drug-likeness (QED) is 0.645. The van der Waals surface area contributed by atoms with Gasteiger partial charge < -0.3 is 4.42 Å². The Hall–Kier alpha value is -0.540. The van der Waals surface area contributed by atoms with Crippen molar-refractivity contribution in [3.05, 3.63) is 57.5 Å². The molecule has 2 aromatic rings. The van der Waals surface area contributed by atoms with Crippen molar-refractivity contribution in [1.82, 2.24) is 0 Å². The van der Waals surface area contributed by atoms with Crippen LogP contribution in [0.5, 0.6) is 0 Å². The van der Waals surface area contributed by atoms with Crippen LogP contribution in [0.15, 0.2) is 39.6 Å². The molecule has 0 spiro atoms. The maximum Gasteiger partial charge on any atom is 0.173 e. The molecule has 0 N–H and O–H groups in total. The molecule has 0 saturated carbocycles. The van der Waals surface area contributed by atoms with Crippen molar-refractivity contribution in [3.8, 4) is 0 Å². The van der Waals surface area contributed by atoms with Gasteiger partial charge in [-0.05, 0) is 64.4 Å². The van der Waals surface area contributed by atoms with Gasteiger partial charge in [-0.15, -0.1) is 0 Å². The summed E-state index contributed by atoms with van der Waals surface area (Å²) in [5.74, 6) is 0. The molecular formula is C15H14Br2O.